The first kappa shape index (κ1) is 18.9. The van der Waals surface area contributed by atoms with Gasteiger partial charge >= 0.3 is 6.09 Å². The summed E-state index contributed by atoms with van der Waals surface area (Å²) in [5.41, 5.74) is 0.705. The van der Waals surface area contributed by atoms with Gasteiger partial charge in [-0.3, -0.25) is 4.90 Å². The Kier molecular flexibility index (Phi) is 4.82. The number of tetrazole rings is 1. The predicted molar refractivity (Wildman–Crippen MR) is 103 cm³/mol. The lowest BCUT2D eigenvalue weighted by molar-refractivity contribution is 0.0272. The minimum absolute atomic E-state index is 0.0181. The van der Waals surface area contributed by atoms with Crippen molar-refractivity contribution in [1.29, 1.82) is 0 Å². The fourth-order valence-corrected chi connectivity index (χ4v) is 4.28. The number of carbonyl (C=O) groups is 1. The van der Waals surface area contributed by atoms with Crippen LogP contribution in [0.4, 0.5) is 4.79 Å². The minimum Gasteiger partial charge on any atom is -0.444 e. The molecule has 0 radical (unpaired) electrons. The molecule has 1 aromatic heterocycles. The first-order valence-corrected chi connectivity index (χ1v) is 9.81. The van der Waals surface area contributed by atoms with Crippen molar-refractivity contribution in [2.75, 3.05) is 26.2 Å². The van der Waals surface area contributed by atoms with Gasteiger partial charge in [-0.25, -0.2) is 4.79 Å². The molecule has 2 saturated heterocycles. The molecule has 2 aliphatic rings. The summed E-state index contributed by atoms with van der Waals surface area (Å²) in [6.45, 7) is 9.01. The molecule has 3 atom stereocenters. The zero-order valence-corrected chi connectivity index (χ0v) is 16.9. The Morgan fingerprint density at radius 1 is 1.11 bits per heavy atom. The molecular formula is C20H28N6O2. The van der Waals surface area contributed by atoms with Crippen molar-refractivity contribution in [2.24, 2.45) is 18.9 Å². The van der Waals surface area contributed by atoms with Crippen LogP contribution in [0.3, 0.4) is 0 Å². The maximum absolute atomic E-state index is 12.4. The monoisotopic (exact) mass is 384 g/mol. The highest BCUT2D eigenvalue weighted by Crippen LogP contribution is 2.38. The van der Waals surface area contributed by atoms with Gasteiger partial charge in [-0.15, -0.1) is 10.2 Å². The number of nitrogens with zero attached hydrogens (tertiary/aromatic N) is 6. The summed E-state index contributed by atoms with van der Waals surface area (Å²) in [5, 5.41) is 12.8. The number of likely N-dealkylation sites (tertiary alicyclic amines) is 2. The standard InChI is InChI=1S/C20H28N6O2/c1-20(2,3)28-19(27)26-12-15-10-25(11-16(15)13-26)17(14-8-6-5-7-9-14)18-21-23-24(4)22-18/h5-9,15-17H,10-13H2,1-4H3. The quantitative estimate of drug-likeness (QED) is 0.807. The van der Waals surface area contributed by atoms with Gasteiger partial charge in [0.25, 0.3) is 0 Å². The molecule has 2 fully saturated rings. The van der Waals surface area contributed by atoms with E-state index < -0.39 is 5.60 Å². The Labute approximate surface area is 165 Å². The van der Waals surface area contributed by atoms with Crippen LogP contribution < -0.4 is 0 Å². The van der Waals surface area contributed by atoms with Gasteiger partial charge in [0, 0.05) is 26.2 Å². The molecule has 3 heterocycles. The first-order chi connectivity index (χ1) is 13.3. The smallest absolute Gasteiger partial charge is 0.410 e. The van der Waals surface area contributed by atoms with Gasteiger partial charge in [-0.2, -0.15) is 4.80 Å². The summed E-state index contributed by atoms with van der Waals surface area (Å²) in [4.78, 5) is 18.2. The fraction of sp³-hybridized carbons (Fsp3) is 0.600. The lowest BCUT2D eigenvalue weighted by atomic mass is 10.0. The van der Waals surface area contributed by atoms with E-state index in [9.17, 15) is 4.79 Å². The first-order valence-electron chi connectivity index (χ1n) is 9.81. The lowest BCUT2D eigenvalue weighted by Crippen LogP contribution is -2.38. The van der Waals surface area contributed by atoms with Crippen LogP contribution in [0.15, 0.2) is 30.3 Å². The molecule has 8 heteroatoms. The van der Waals surface area contributed by atoms with Gasteiger partial charge in [0.05, 0.1) is 13.1 Å². The topological polar surface area (TPSA) is 76.4 Å². The summed E-state index contributed by atoms with van der Waals surface area (Å²) in [6, 6.07) is 10.3. The van der Waals surface area contributed by atoms with E-state index in [-0.39, 0.29) is 12.1 Å². The molecule has 8 nitrogen and oxygen atoms in total. The summed E-state index contributed by atoms with van der Waals surface area (Å²) in [7, 11) is 1.79. The van der Waals surface area contributed by atoms with Crippen LogP contribution in [-0.2, 0) is 11.8 Å². The summed E-state index contributed by atoms with van der Waals surface area (Å²) in [6.07, 6.45) is -0.205. The number of hydrogen-bond acceptors (Lipinski definition) is 6. The van der Waals surface area contributed by atoms with Gasteiger partial charge in [0.2, 0.25) is 0 Å². The van der Waals surface area contributed by atoms with E-state index in [1.165, 1.54) is 10.4 Å². The number of benzene rings is 1. The van der Waals surface area contributed by atoms with Gasteiger partial charge in [0.1, 0.15) is 5.60 Å². The molecule has 150 valence electrons. The zero-order chi connectivity index (χ0) is 19.9. The number of hydrogen-bond donors (Lipinski definition) is 0. The summed E-state index contributed by atoms with van der Waals surface area (Å²) < 4.78 is 5.54. The summed E-state index contributed by atoms with van der Waals surface area (Å²) in [5.74, 6) is 1.60. The summed E-state index contributed by atoms with van der Waals surface area (Å²) >= 11 is 0. The molecule has 3 unspecified atom stereocenters. The number of rotatable bonds is 3. The van der Waals surface area contributed by atoms with Crippen molar-refractivity contribution in [2.45, 2.75) is 32.4 Å². The number of aromatic nitrogens is 4. The van der Waals surface area contributed by atoms with Crippen LogP contribution in [0.1, 0.15) is 38.2 Å². The van der Waals surface area contributed by atoms with Crippen LogP contribution >= 0.6 is 0 Å². The van der Waals surface area contributed by atoms with Crippen LogP contribution in [0.25, 0.3) is 0 Å². The van der Waals surface area contributed by atoms with E-state index in [0.29, 0.717) is 11.8 Å². The molecular weight excluding hydrogens is 356 g/mol. The maximum Gasteiger partial charge on any atom is 0.410 e. The second-order valence-corrected chi connectivity index (χ2v) is 8.81. The average Bonchev–Trinajstić information content (AvgIpc) is 3.30. The minimum atomic E-state index is -0.461. The molecule has 2 aromatic rings. The normalized spacial score (nSPS) is 23.6. The Bertz CT molecular complexity index is 817. The number of aryl methyl sites for hydroxylation is 1. The Hall–Kier alpha value is -2.48. The van der Waals surface area contributed by atoms with Crippen LogP contribution in [-0.4, -0.2) is 67.9 Å². The third-order valence-corrected chi connectivity index (χ3v) is 5.42. The van der Waals surface area contributed by atoms with Crippen molar-refractivity contribution in [3.05, 3.63) is 41.7 Å². The van der Waals surface area contributed by atoms with E-state index in [0.717, 1.165) is 32.0 Å². The second kappa shape index (κ2) is 7.16. The van der Waals surface area contributed by atoms with Gasteiger partial charge < -0.3 is 9.64 Å². The zero-order valence-electron chi connectivity index (χ0n) is 16.9. The predicted octanol–water partition coefficient (Wildman–Crippen LogP) is 2.10. The number of ether oxygens (including phenoxy) is 1. The Balaban J connectivity index is 1.48. The van der Waals surface area contributed by atoms with Crippen LogP contribution in [0.5, 0.6) is 0 Å². The van der Waals surface area contributed by atoms with Gasteiger partial charge in [-0.05, 0) is 43.4 Å². The maximum atomic E-state index is 12.4. The molecule has 1 amide bonds. The molecule has 1 aromatic carbocycles. The second-order valence-electron chi connectivity index (χ2n) is 8.81. The number of amides is 1. The van der Waals surface area contributed by atoms with Crippen molar-refractivity contribution < 1.29 is 9.53 Å². The highest BCUT2D eigenvalue weighted by Gasteiger charge is 2.45. The van der Waals surface area contributed by atoms with Crippen LogP contribution in [0, 0.1) is 11.8 Å². The highest BCUT2D eigenvalue weighted by molar-refractivity contribution is 5.68. The number of carbonyl (C=O) groups excluding carboxylic acids is 1. The largest absolute Gasteiger partial charge is 0.444 e. The van der Waals surface area contributed by atoms with E-state index in [1.807, 2.05) is 43.9 Å². The SMILES string of the molecule is Cn1nnc(C(c2ccccc2)N2CC3CN(C(=O)OC(C)(C)C)CC3C2)n1. The Morgan fingerprint density at radius 3 is 2.29 bits per heavy atom. The van der Waals surface area contributed by atoms with Crippen molar-refractivity contribution >= 4 is 6.09 Å². The molecule has 0 aliphatic carbocycles. The molecule has 0 N–H and O–H groups in total. The third kappa shape index (κ3) is 3.87. The van der Waals surface area contributed by atoms with E-state index in [1.54, 1.807) is 7.05 Å². The molecule has 0 bridgehead atoms. The van der Waals surface area contributed by atoms with Gasteiger partial charge in [-0.1, -0.05) is 30.3 Å². The average molecular weight is 384 g/mol. The van der Waals surface area contributed by atoms with Gasteiger partial charge in [0.15, 0.2) is 5.82 Å². The fourth-order valence-electron chi connectivity index (χ4n) is 4.28. The van der Waals surface area contributed by atoms with Crippen LogP contribution in [0.2, 0.25) is 0 Å². The van der Waals surface area contributed by atoms with Crippen molar-refractivity contribution in [3.8, 4) is 0 Å². The Morgan fingerprint density at radius 2 is 1.75 bits per heavy atom. The highest BCUT2D eigenvalue weighted by atomic mass is 16.6. The molecule has 2 aliphatic heterocycles. The van der Waals surface area contributed by atoms with Crippen molar-refractivity contribution in [1.82, 2.24) is 30.0 Å². The lowest BCUT2D eigenvalue weighted by Gasteiger charge is -2.28. The molecule has 0 saturated carbocycles. The molecule has 4 rings (SSSR count). The molecule has 0 spiro atoms. The van der Waals surface area contributed by atoms with E-state index in [2.05, 4.69) is 32.4 Å². The van der Waals surface area contributed by atoms with E-state index >= 15 is 0 Å². The molecule has 28 heavy (non-hydrogen) atoms. The number of fused-ring (bicyclic) bond motifs is 1. The van der Waals surface area contributed by atoms with E-state index in [4.69, 9.17) is 4.74 Å². The third-order valence-electron chi connectivity index (χ3n) is 5.42. The van der Waals surface area contributed by atoms with Crippen molar-refractivity contribution in [3.63, 3.8) is 0 Å².